The summed E-state index contributed by atoms with van der Waals surface area (Å²) in [4.78, 5) is 24.9. The van der Waals surface area contributed by atoms with Gasteiger partial charge < -0.3 is 21.5 Å². The largest absolute Gasteiger partial charge is 0.383 e. The lowest BCUT2D eigenvalue weighted by Crippen LogP contribution is -2.46. The van der Waals surface area contributed by atoms with Gasteiger partial charge in [-0.25, -0.2) is 4.68 Å². The first kappa shape index (κ1) is 25.4. The van der Waals surface area contributed by atoms with Crippen LogP contribution in [-0.4, -0.2) is 32.8 Å². The Bertz CT molecular complexity index is 1280. The van der Waals surface area contributed by atoms with Crippen LogP contribution >= 0.6 is 0 Å². The van der Waals surface area contributed by atoms with Gasteiger partial charge in [-0.1, -0.05) is 42.5 Å². The van der Waals surface area contributed by atoms with Gasteiger partial charge in [0.15, 0.2) is 0 Å². The maximum Gasteiger partial charge on any atom is 0.254 e. The number of rotatable bonds is 6. The number of benzene rings is 2. The fraction of sp³-hybridized carbons (Fsp3) is 0.393. The van der Waals surface area contributed by atoms with E-state index in [9.17, 15) is 9.59 Å². The van der Waals surface area contributed by atoms with Crippen LogP contribution in [0.1, 0.15) is 78.4 Å². The third-order valence-corrected chi connectivity index (χ3v) is 6.62. The Kier molecular flexibility index (Phi) is 6.66. The highest BCUT2D eigenvalue weighted by molar-refractivity contribution is 6.03. The van der Waals surface area contributed by atoms with Gasteiger partial charge in [-0.15, -0.1) is 0 Å². The maximum atomic E-state index is 12.5. The number of ether oxygens (including phenoxy) is 1. The van der Waals surface area contributed by atoms with Crippen molar-refractivity contribution < 1.29 is 14.3 Å². The van der Waals surface area contributed by atoms with Gasteiger partial charge in [-0.2, -0.15) is 5.10 Å². The van der Waals surface area contributed by atoms with E-state index in [1.807, 2.05) is 77.1 Å². The quantitative estimate of drug-likeness (QED) is 0.474. The molecule has 4 rings (SSSR count). The normalized spacial score (nSPS) is 17.0. The average molecular weight is 490 g/mol. The third-order valence-electron chi connectivity index (χ3n) is 6.62. The molecule has 8 heteroatoms. The zero-order valence-corrected chi connectivity index (χ0v) is 21.6. The second-order valence-corrected chi connectivity index (χ2v) is 10.8. The molecule has 0 spiro atoms. The molecule has 1 aliphatic heterocycles. The third kappa shape index (κ3) is 5.28. The smallest absolute Gasteiger partial charge is 0.254 e. The van der Waals surface area contributed by atoms with Crippen LogP contribution in [0.5, 0.6) is 0 Å². The minimum absolute atomic E-state index is 0.0356. The zero-order chi connectivity index (χ0) is 26.3. The topological polar surface area (TPSA) is 125 Å². The van der Waals surface area contributed by atoms with Crippen LogP contribution in [0.3, 0.4) is 0 Å². The van der Waals surface area contributed by atoms with Crippen LogP contribution in [0.2, 0.25) is 0 Å². The predicted molar refractivity (Wildman–Crippen MR) is 140 cm³/mol. The van der Waals surface area contributed by atoms with Crippen molar-refractivity contribution in [2.75, 3.05) is 5.73 Å². The SMILES string of the molecule is Cc1ccccc1C(=O)NCc1ccc(-c2nn(C3CC(C)(C)OC(C)(C)C3)c(N)c2C(N)=O)cc1. The molecule has 8 nitrogen and oxygen atoms in total. The molecular weight excluding hydrogens is 454 g/mol. The number of nitrogens with zero attached hydrogens (tertiary/aromatic N) is 2. The Morgan fingerprint density at radius 1 is 1.06 bits per heavy atom. The molecule has 0 unspecified atom stereocenters. The van der Waals surface area contributed by atoms with E-state index in [0.717, 1.165) is 16.7 Å². The Labute approximate surface area is 212 Å². The summed E-state index contributed by atoms with van der Waals surface area (Å²) in [5.74, 6) is -0.471. The van der Waals surface area contributed by atoms with E-state index in [1.165, 1.54) is 0 Å². The highest BCUT2D eigenvalue weighted by Gasteiger charge is 2.41. The maximum absolute atomic E-state index is 12.5. The first-order chi connectivity index (χ1) is 16.9. The molecule has 3 aromatic rings. The number of carbonyl (C=O) groups is 2. The van der Waals surface area contributed by atoms with Crippen molar-refractivity contribution in [2.45, 2.75) is 71.2 Å². The summed E-state index contributed by atoms with van der Waals surface area (Å²) in [6.45, 7) is 10.5. The van der Waals surface area contributed by atoms with Gasteiger partial charge in [0.1, 0.15) is 17.1 Å². The van der Waals surface area contributed by atoms with Gasteiger partial charge in [-0.05, 0) is 64.7 Å². The number of amides is 2. The van der Waals surface area contributed by atoms with Crippen LogP contribution in [0.25, 0.3) is 11.3 Å². The Balaban J connectivity index is 1.57. The van der Waals surface area contributed by atoms with Crippen LogP contribution in [0.4, 0.5) is 5.82 Å². The lowest BCUT2D eigenvalue weighted by Gasteiger charge is -2.45. The first-order valence-corrected chi connectivity index (χ1v) is 12.2. The molecule has 2 aromatic carbocycles. The minimum Gasteiger partial charge on any atom is -0.383 e. The number of aromatic nitrogens is 2. The first-order valence-electron chi connectivity index (χ1n) is 12.2. The van der Waals surface area contributed by atoms with Gasteiger partial charge in [0.25, 0.3) is 11.8 Å². The van der Waals surface area contributed by atoms with Crippen molar-refractivity contribution in [3.63, 3.8) is 0 Å². The second kappa shape index (κ2) is 9.43. The molecule has 2 heterocycles. The van der Waals surface area contributed by atoms with E-state index >= 15 is 0 Å². The predicted octanol–water partition coefficient (Wildman–Crippen LogP) is 4.38. The van der Waals surface area contributed by atoms with Gasteiger partial charge in [0.2, 0.25) is 0 Å². The fourth-order valence-corrected chi connectivity index (χ4v) is 5.27. The Morgan fingerprint density at radius 2 is 1.67 bits per heavy atom. The standard InChI is InChI=1S/C28H35N5O3/c1-17-8-6-7-9-21(17)26(35)31-16-18-10-12-19(13-11-18)23-22(25(30)34)24(29)33(32-23)20-14-27(2,3)36-28(4,5)15-20/h6-13,20H,14-16,29H2,1-5H3,(H2,30,34)(H,31,35). The summed E-state index contributed by atoms with van der Waals surface area (Å²) < 4.78 is 7.94. The van der Waals surface area contributed by atoms with E-state index in [2.05, 4.69) is 5.32 Å². The molecular formula is C28H35N5O3. The van der Waals surface area contributed by atoms with Crippen LogP contribution in [0, 0.1) is 6.92 Å². The number of hydrogen-bond donors (Lipinski definition) is 3. The van der Waals surface area contributed by atoms with E-state index in [4.69, 9.17) is 21.3 Å². The lowest BCUT2D eigenvalue weighted by atomic mass is 9.85. The fourth-order valence-electron chi connectivity index (χ4n) is 5.27. The molecule has 0 aliphatic carbocycles. The van der Waals surface area contributed by atoms with E-state index in [0.29, 0.717) is 30.6 Å². The molecule has 0 radical (unpaired) electrons. The summed E-state index contributed by atoms with van der Waals surface area (Å²) in [6.07, 6.45) is 1.42. The molecule has 0 saturated carbocycles. The van der Waals surface area contributed by atoms with Crippen molar-refractivity contribution in [1.82, 2.24) is 15.1 Å². The Hall–Kier alpha value is -3.65. The van der Waals surface area contributed by atoms with E-state index in [1.54, 1.807) is 10.7 Å². The highest BCUT2D eigenvalue weighted by Crippen LogP contribution is 2.42. The summed E-state index contributed by atoms with van der Waals surface area (Å²) in [5.41, 5.74) is 15.4. The molecule has 1 fully saturated rings. The minimum atomic E-state index is -0.617. The molecule has 2 amide bonds. The number of primary amides is 1. The molecule has 1 aliphatic rings. The molecule has 0 atom stereocenters. The van der Waals surface area contributed by atoms with Gasteiger partial charge in [0.05, 0.1) is 17.2 Å². The van der Waals surface area contributed by atoms with Gasteiger partial charge in [0, 0.05) is 17.7 Å². The van der Waals surface area contributed by atoms with Gasteiger partial charge >= 0.3 is 0 Å². The summed E-state index contributed by atoms with van der Waals surface area (Å²) in [7, 11) is 0. The van der Waals surface area contributed by atoms with Gasteiger partial charge in [-0.3, -0.25) is 9.59 Å². The number of nitrogen functional groups attached to an aromatic ring is 1. The lowest BCUT2D eigenvalue weighted by molar-refractivity contribution is -0.170. The van der Waals surface area contributed by atoms with Crippen molar-refractivity contribution >= 4 is 17.6 Å². The Morgan fingerprint density at radius 3 is 2.25 bits per heavy atom. The second-order valence-electron chi connectivity index (χ2n) is 10.8. The number of nitrogens with two attached hydrogens (primary N) is 2. The van der Waals surface area contributed by atoms with E-state index in [-0.39, 0.29) is 34.5 Å². The molecule has 190 valence electrons. The number of carbonyl (C=O) groups excluding carboxylic acids is 2. The summed E-state index contributed by atoms with van der Waals surface area (Å²) in [5, 5.41) is 7.73. The number of aryl methyl sites for hydroxylation is 1. The summed E-state index contributed by atoms with van der Waals surface area (Å²) in [6, 6.07) is 15.0. The van der Waals surface area contributed by atoms with E-state index < -0.39 is 5.91 Å². The molecule has 1 aromatic heterocycles. The zero-order valence-electron chi connectivity index (χ0n) is 21.6. The van der Waals surface area contributed by atoms with Crippen molar-refractivity contribution in [3.05, 3.63) is 70.8 Å². The molecule has 36 heavy (non-hydrogen) atoms. The number of nitrogens with one attached hydrogen (secondary N) is 1. The monoisotopic (exact) mass is 489 g/mol. The number of hydrogen-bond acceptors (Lipinski definition) is 5. The van der Waals surface area contributed by atoms with Crippen molar-refractivity contribution in [1.29, 1.82) is 0 Å². The highest BCUT2D eigenvalue weighted by atomic mass is 16.5. The van der Waals surface area contributed by atoms with Crippen molar-refractivity contribution in [2.24, 2.45) is 5.73 Å². The number of anilines is 1. The van der Waals surface area contributed by atoms with Crippen molar-refractivity contribution in [3.8, 4) is 11.3 Å². The van der Waals surface area contributed by atoms with Crippen LogP contribution in [0.15, 0.2) is 48.5 Å². The van der Waals surface area contributed by atoms with Crippen LogP contribution in [-0.2, 0) is 11.3 Å². The van der Waals surface area contributed by atoms with Crippen LogP contribution < -0.4 is 16.8 Å². The summed E-state index contributed by atoms with van der Waals surface area (Å²) >= 11 is 0. The molecule has 1 saturated heterocycles. The average Bonchev–Trinajstić information content (AvgIpc) is 3.13. The molecule has 0 bridgehead atoms. The molecule has 5 N–H and O–H groups in total.